The molecular weight excluding hydrogens is 397 g/mol. The Kier molecular flexibility index (Phi) is 4.66. The molecule has 8 heteroatoms. The maximum atomic E-state index is 14.7. The van der Waals surface area contributed by atoms with Gasteiger partial charge in [0.2, 0.25) is 0 Å². The van der Waals surface area contributed by atoms with Crippen LogP contribution in [0.15, 0.2) is 6.58 Å². The molecule has 0 aromatic carbocycles. The van der Waals surface area contributed by atoms with Gasteiger partial charge in [0, 0.05) is 24.2 Å². The number of ether oxygens (including phenoxy) is 1. The van der Waals surface area contributed by atoms with Gasteiger partial charge in [-0.15, -0.1) is 0 Å². The number of allylic oxidation sites excluding steroid dienone is 1. The lowest BCUT2D eigenvalue weighted by Crippen LogP contribution is -2.36. The minimum Gasteiger partial charge on any atom is -0.444 e. The lowest BCUT2D eigenvalue weighted by Gasteiger charge is -2.26. The summed E-state index contributed by atoms with van der Waals surface area (Å²) < 4.78 is 20.1. The van der Waals surface area contributed by atoms with Gasteiger partial charge in [-0.05, 0) is 56.6 Å². The molecule has 0 spiro atoms. The first-order valence-electron chi connectivity index (χ1n) is 9.67. The normalized spacial score (nSPS) is 23.4. The van der Waals surface area contributed by atoms with Gasteiger partial charge >= 0.3 is 6.09 Å². The highest BCUT2D eigenvalue weighted by Gasteiger charge is 2.59. The average molecular weight is 422 g/mol. The fraction of sp³-hybridized carbons (Fsp3) is 0.524. The maximum absolute atomic E-state index is 14.7. The van der Waals surface area contributed by atoms with Crippen molar-refractivity contribution in [2.24, 2.45) is 11.8 Å². The van der Waals surface area contributed by atoms with Crippen molar-refractivity contribution in [1.82, 2.24) is 14.9 Å². The van der Waals surface area contributed by atoms with E-state index in [1.807, 2.05) is 20.8 Å². The minimum atomic E-state index is -0.631. The van der Waals surface area contributed by atoms with Crippen LogP contribution < -0.4 is 0 Å². The Morgan fingerprint density at radius 2 is 2.03 bits per heavy atom. The Morgan fingerprint density at radius 1 is 1.41 bits per heavy atom. The van der Waals surface area contributed by atoms with Crippen LogP contribution in [0.3, 0.4) is 0 Å². The predicted molar refractivity (Wildman–Crippen MR) is 109 cm³/mol. The minimum absolute atomic E-state index is 0.116. The molecule has 2 fully saturated rings. The molecule has 1 saturated carbocycles. The van der Waals surface area contributed by atoms with Gasteiger partial charge in [-0.1, -0.05) is 18.2 Å². The highest BCUT2D eigenvalue weighted by Crippen LogP contribution is 2.60. The van der Waals surface area contributed by atoms with Gasteiger partial charge in [-0.3, -0.25) is 0 Å². The summed E-state index contributed by atoms with van der Waals surface area (Å²) in [6.07, 6.45) is -0.313. The summed E-state index contributed by atoms with van der Waals surface area (Å²) in [4.78, 5) is 21.3. The van der Waals surface area contributed by atoms with E-state index in [2.05, 4.69) is 16.5 Å². The molecule has 0 bridgehead atoms. The monoisotopic (exact) mass is 421 g/mol. The van der Waals surface area contributed by atoms with Crippen LogP contribution in [0.4, 0.5) is 9.18 Å². The van der Waals surface area contributed by atoms with Crippen LogP contribution in [-0.4, -0.2) is 44.8 Å². The van der Waals surface area contributed by atoms with Gasteiger partial charge in [0.05, 0.1) is 17.8 Å². The molecule has 6 nitrogen and oxygen atoms in total. The highest BCUT2D eigenvalue weighted by atomic mass is 35.5. The third-order valence-corrected chi connectivity index (χ3v) is 5.96. The molecule has 1 aliphatic carbocycles. The van der Waals surface area contributed by atoms with Crippen LogP contribution in [-0.2, 0) is 11.3 Å². The second-order valence-electron chi connectivity index (χ2n) is 9.01. The molecule has 29 heavy (non-hydrogen) atoms. The summed E-state index contributed by atoms with van der Waals surface area (Å²) in [6.45, 7) is 12.2. The second-order valence-corrected chi connectivity index (χ2v) is 9.37. The molecule has 2 aliphatic rings. The van der Waals surface area contributed by atoms with Crippen molar-refractivity contribution in [3.63, 3.8) is 0 Å². The maximum Gasteiger partial charge on any atom is 0.410 e. The number of H-pyrrole nitrogens is 1. The molecule has 2 aromatic heterocycles. The van der Waals surface area contributed by atoms with Gasteiger partial charge in [0.15, 0.2) is 11.0 Å². The van der Waals surface area contributed by atoms with E-state index in [0.717, 1.165) is 5.56 Å². The number of nitrogens with one attached hydrogen (secondary N) is 1. The number of aliphatic hydroxyl groups is 1. The van der Waals surface area contributed by atoms with Crippen LogP contribution in [0.1, 0.15) is 50.6 Å². The number of aromatic nitrogens is 2. The zero-order chi connectivity index (χ0) is 21.2. The van der Waals surface area contributed by atoms with Crippen molar-refractivity contribution in [1.29, 1.82) is 0 Å². The van der Waals surface area contributed by atoms with Crippen molar-refractivity contribution in [2.45, 2.75) is 45.8 Å². The summed E-state index contributed by atoms with van der Waals surface area (Å²) in [6, 6.07) is 0. The van der Waals surface area contributed by atoms with E-state index in [4.69, 9.17) is 16.3 Å². The lowest BCUT2D eigenvalue weighted by atomic mass is 9.99. The number of rotatable bonds is 3. The topological polar surface area (TPSA) is 78.5 Å². The summed E-state index contributed by atoms with van der Waals surface area (Å²) >= 11 is 5.97. The number of carbonyl (C=O) groups excluding carboxylic acids is 1. The van der Waals surface area contributed by atoms with E-state index < -0.39 is 11.4 Å². The fourth-order valence-electron chi connectivity index (χ4n) is 4.51. The highest BCUT2D eigenvalue weighted by molar-refractivity contribution is 6.30. The molecule has 1 amide bonds. The first kappa shape index (κ1) is 20.2. The Morgan fingerprint density at radius 3 is 2.55 bits per heavy atom. The van der Waals surface area contributed by atoms with Crippen molar-refractivity contribution in [3.8, 4) is 0 Å². The van der Waals surface area contributed by atoms with E-state index in [1.54, 1.807) is 11.8 Å². The number of nitrogens with zero attached hydrogens (tertiary/aromatic N) is 2. The zero-order valence-corrected chi connectivity index (χ0v) is 17.7. The number of hydrogen-bond donors (Lipinski definition) is 2. The Bertz CT molecular complexity index is 1010. The molecule has 3 atom stereocenters. The smallest absolute Gasteiger partial charge is 0.410 e. The van der Waals surface area contributed by atoms with Crippen molar-refractivity contribution in [2.75, 3.05) is 13.1 Å². The van der Waals surface area contributed by atoms with Gasteiger partial charge in [0.25, 0.3) is 0 Å². The lowest BCUT2D eigenvalue weighted by molar-refractivity contribution is 0.0271. The number of piperidine rings is 1. The summed E-state index contributed by atoms with van der Waals surface area (Å²) in [5.41, 5.74) is 2.34. The van der Waals surface area contributed by atoms with Gasteiger partial charge in [0.1, 0.15) is 5.60 Å². The number of hydrogen-bond acceptors (Lipinski definition) is 4. The third-order valence-electron chi connectivity index (χ3n) is 5.71. The van der Waals surface area contributed by atoms with Gasteiger partial charge in [-0.2, -0.15) is 0 Å². The van der Waals surface area contributed by atoms with E-state index in [-0.39, 0.29) is 41.1 Å². The molecule has 1 saturated heterocycles. The molecule has 1 unspecified atom stereocenters. The number of aliphatic hydroxyl groups excluding tert-OH is 1. The molecule has 1 aliphatic heterocycles. The number of halogens is 2. The van der Waals surface area contributed by atoms with Crippen LogP contribution in [0.5, 0.6) is 0 Å². The largest absolute Gasteiger partial charge is 0.444 e. The third kappa shape index (κ3) is 3.30. The molecule has 156 valence electrons. The fourth-order valence-corrected chi connectivity index (χ4v) is 4.69. The molecular formula is C21H25ClFN3O3. The van der Waals surface area contributed by atoms with Gasteiger partial charge < -0.3 is 19.7 Å². The average Bonchev–Trinajstić information content (AvgIpc) is 2.97. The van der Waals surface area contributed by atoms with E-state index in [9.17, 15) is 14.3 Å². The van der Waals surface area contributed by atoms with E-state index >= 15 is 0 Å². The molecule has 2 N–H and O–H groups in total. The van der Waals surface area contributed by atoms with Crippen molar-refractivity contribution >= 4 is 34.2 Å². The molecule has 2 aromatic rings. The SMILES string of the molecule is C=C(C)c1nc(Cl)c(F)c2[nH]c(CO)c(C3[C@H]4CN(C(=O)OC(C)(C)C)C[C@@H]34)c12. The van der Waals surface area contributed by atoms with E-state index in [1.165, 1.54) is 0 Å². The standard InChI is InChI=1S/C21H25ClFN3O3/c1-9(2)17-15-14(12(8-27)24-18(15)16(23)19(22)25-17)13-10-6-26(7-11(10)13)20(28)29-21(3,4)5/h10-11,13,24,27H,1,6-8H2,2-5H3/t10-,11+,13?. The number of amides is 1. The summed E-state index contributed by atoms with van der Waals surface area (Å²) in [5.74, 6) is -0.0362. The first-order valence-corrected chi connectivity index (χ1v) is 10.1. The molecule has 4 rings (SSSR count). The summed E-state index contributed by atoms with van der Waals surface area (Å²) in [7, 11) is 0. The molecule has 0 radical (unpaired) electrons. The Hall–Kier alpha value is -2.12. The quantitative estimate of drug-likeness (QED) is 0.717. The Balaban J connectivity index is 1.68. The Labute approximate surface area is 173 Å². The number of pyridine rings is 1. The van der Waals surface area contributed by atoms with E-state index in [0.29, 0.717) is 35.4 Å². The van der Waals surface area contributed by atoms with Gasteiger partial charge in [-0.25, -0.2) is 14.2 Å². The first-order chi connectivity index (χ1) is 13.5. The van der Waals surface area contributed by atoms with Crippen molar-refractivity contribution < 1.29 is 19.0 Å². The number of fused-ring (bicyclic) bond motifs is 2. The van der Waals surface area contributed by atoms with Crippen LogP contribution in [0, 0.1) is 17.7 Å². The van der Waals surface area contributed by atoms with Crippen molar-refractivity contribution in [3.05, 3.63) is 34.5 Å². The van der Waals surface area contributed by atoms with Crippen LogP contribution in [0.25, 0.3) is 16.5 Å². The zero-order valence-electron chi connectivity index (χ0n) is 17.0. The number of aromatic amines is 1. The van der Waals surface area contributed by atoms with Crippen LogP contribution >= 0.6 is 11.6 Å². The summed E-state index contributed by atoms with van der Waals surface area (Å²) in [5, 5.41) is 10.3. The predicted octanol–water partition coefficient (Wildman–Crippen LogP) is 4.46. The molecule has 3 heterocycles. The second kappa shape index (κ2) is 6.71. The number of carbonyl (C=O) groups is 1. The van der Waals surface area contributed by atoms with Crippen LogP contribution in [0.2, 0.25) is 5.15 Å². The number of likely N-dealkylation sites (tertiary alicyclic amines) is 1.